The highest BCUT2D eigenvalue weighted by Crippen LogP contribution is 2.25. The van der Waals surface area contributed by atoms with Crippen molar-refractivity contribution in [1.82, 2.24) is 5.32 Å². The summed E-state index contributed by atoms with van der Waals surface area (Å²) in [6.45, 7) is 3.92. The fourth-order valence-electron chi connectivity index (χ4n) is 2.45. The monoisotopic (exact) mass is 287 g/mol. The van der Waals surface area contributed by atoms with Gasteiger partial charge >= 0.3 is 0 Å². The van der Waals surface area contributed by atoms with Crippen LogP contribution in [0.5, 0.6) is 0 Å². The van der Waals surface area contributed by atoms with Gasteiger partial charge in [-0.2, -0.15) is 0 Å². The first kappa shape index (κ1) is 14.1. The van der Waals surface area contributed by atoms with Gasteiger partial charge < -0.3 is 10.1 Å². The number of likely N-dealkylation sites (N-methyl/N-ethyl adjacent to an activating group) is 1. The average molecular weight is 288 g/mol. The summed E-state index contributed by atoms with van der Waals surface area (Å²) in [6.07, 6.45) is 3.42. The zero-order valence-corrected chi connectivity index (χ0v) is 12.1. The lowest BCUT2D eigenvalue weighted by molar-refractivity contribution is 0.0789. The van der Waals surface area contributed by atoms with E-state index in [0.29, 0.717) is 12.1 Å². The Labute approximate surface area is 119 Å². The topological polar surface area (TPSA) is 21.3 Å². The van der Waals surface area contributed by atoms with Crippen molar-refractivity contribution < 1.29 is 4.74 Å². The summed E-state index contributed by atoms with van der Waals surface area (Å²) in [5.74, 6) is 0. The summed E-state index contributed by atoms with van der Waals surface area (Å²) in [6, 6.07) is 5.94. The Morgan fingerprint density at radius 3 is 2.94 bits per heavy atom. The van der Waals surface area contributed by atoms with Crippen LogP contribution in [0, 0.1) is 0 Å². The van der Waals surface area contributed by atoms with Gasteiger partial charge in [-0.15, -0.1) is 0 Å². The van der Waals surface area contributed by atoms with E-state index in [0.717, 1.165) is 48.0 Å². The normalized spacial score (nSPS) is 21.2. The predicted molar refractivity (Wildman–Crippen MR) is 76.6 cm³/mol. The van der Waals surface area contributed by atoms with Crippen LogP contribution in [0.4, 0.5) is 0 Å². The minimum atomic E-state index is 0.292. The maximum Gasteiger partial charge on any atom is 0.0732 e. The van der Waals surface area contributed by atoms with Crippen molar-refractivity contribution in [1.29, 1.82) is 0 Å². The van der Waals surface area contributed by atoms with Crippen LogP contribution >= 0.6 is 23.2 Å². The molecule has 0 spiro atoms. The molecule has 1 aliphatic rings. The maximum absolute atomic E-state index is 6.22. The van der Waals surface area contributed by atoms with Crippen LogP contribution in [0.2, 0.25) is 10.0 Å². The van der Waals surface area contributed by atoms with E-state index < -0.39 is 0 Å². The molecule has 0 aliphatic carbocycles. The van der Waals surface area contributed by atoms with Gasteiger partial charge in [0.2, 0.25) is 0 Å². The summed E-state index contributed by atoms with van der Waals surface area (Å²) in [4.78, 5) is 0. The summed E-state index contributed by atoms with van der Waals surface area (Å²) < 4.78 is 5.77. The van der Waals surface area contributed by atoms with E-state index in [2.05, 4.69) is 12.2 Å². The fraction of sp³-hybridized carbons (Fsp3) is 0.571. The smallest absolute Gasteiger partial charge is 0.0732 e. The number of rotatable bonds is 5. The quantitative estimate of drug-likeness (QED) is 0.892. The Morgan fingerprint density at radius 2 is 2.28 bits per heavy atom. The summed E-state index contributed by atoms with van der Waals surface area (Å²) >= 11 is 12.2. The van der Waals surface area contributed by atoms with Gasteiger partial charge in [-0.3, -0.25) is 0 Å². The Hall–Kier alpha value is -0.280. The third kappa shape index (κ3) is 3.61. The van der Waals surface area contributed by atoms with E-state index in [4.69, 9.17) is 27.9 Å². The largest absolute Gasteiger partial charge is 0.377 e. The summed E-state index contributed by atoms with van der Waals surface area (Å²) in [7, 11) is 0. The van der Waals surface area contributed by atoms with Gasteiger partial charge in [0.15, 0.2) is 0 Å². The van der Waals surface area contributed by atoms with E-state index in [-0.39, 0.29) is 0 Å². The van der Waals surface area contributed by atoms with Crippen molar-refractivity contribution in [3.05, 3.63) is 33.8 Å². The molecule has 0 amide bonds. The number of halogens is 2. The molecular formula is C14H19Cl2NO. The van der Waals surface area contributed by atoms with Crippen LogP contribution in [-0.2, 0) is 11.2 Å². The number of hydrogen-bond donors (Lipinski definition) is 1. The van der Waals surface area contributed by atoms with E-state index in [1.54, 1.807) is 0 Å². The number of ether oxygens (including phenoxy) is 1. The minimum absolute atomic E-state index is 0.292. The molecule has 1 aromatic carbocycles. The van der Waals surface area contributed by atoms with Crippen molar-refractivity contribution in [2.75, 3.05) is 13.2 Å². The third-order valence-electron chi connectivity index (χ3n) is 3.33. The van der Waals surface area contributed by atoms with Gasteiger partial charge in [0, 0.05) is 22.7 Å². The lowest BCUT2D eigenvalue weighted by atomic mass is 9.99. The lowest BCUT2D eigenvalue weighted by Gasteiger charge is -2.24. The first-order chi connectivity index (χ1) is 8.70. The molecule has 18 heavy (non-hydrogen) atoms. The van der Waals surface area contributed by atoms with E-state index in [1.165, 1.54) is 0 Å². The molecule has 1 saturated heterocycles. The highest BCUT2D eigenvalue weighted by atomic mass is 35.5. The second-order valence-corrected chi connectivity index (χ2v) is 5.50. The van der Waals surface area contributed by atoms with E-state index in [1.807, 2.05) is 18.2 Å². The highest BCUT2D eigenvalue weighted by Gasteiger charge is 2.25. The molecule has 2 atom stereocenters. The van der Waals surface area contributed by atoms with Crippen LogP contribution in [0.1, 0.15) is 25.3 Å². The second-order valence-electron chi connectivity index (χ2n) is 4.66. The molecular weight excluding hydrogens is 269 g/mol. The molecule has 1 aromatic rings. The average Bonchev–Trinajstić information content (AvgIpc) is 2.87. The number of nitrogens with one attached hydrogen (secondary N) is 1. The maximum atomic E-state index is 6.22. The molecule has 4 heteroatoms. The first-order valence-corrected chi connectivity index (χ1v) is 7.25. The van der Waals surface area contributed by atoms with Gasteiger partial charge in [0.1, 0.15) is 0 Å². The van der Waals surface area contributed by atoms with Gasteiger partial charge in [-0.05, 0) is 49.6 Å². The Balaban J connectivity index is 2.09. The molecule has 2 rings (SSSR count). The molecule has 0 saturated carbocycles. The number of benzene rings is 1. The molecule has 1 N–H and O–H groups in total. The fourth-order valence-corrected chi connectivity index (χ4v) is 2.84. The van der Waals surface area contributed by atoms with Crippen LogP contribution in [0.3, 0.4) is 0 Å². The standard InChI is InChI=1S/C14H19Cl2NO/c1-2-17-13(14-4-3-7-18-14)9-10-8-11(15)5-6-12(10)16/h5-6,8,13-14,17H,2-4,7,9H2,1H3. The summed E-state index contributed by atoms with van der Waals surface area (Å²) in [5, 5.41) is 5.00. The van der Waals surface area contributed by atoms with Crippen LogP contribution < -0.4 is 5.32 Å². The van der Waals surface area contributed by atoms with Crippen molar-refractivity contribution in [2.24, 2.45) is 0 Å². The Kier molecular flexibility index (Phi) is 5.31. The predicted octanol–water partition coefficient (Wildman–Crippen LogP) is 3.69. The van der Waals surface area contributed by atoms with Crippen molar-refractivity contribution in [3.8, 4) is 0 Å². The highest BCUT2D eigenvalue weighted by molar-refractivity contribution is 6.33. The molecule has 1 aliphatic heterocycles. The summed E-state index contributed by atoms with van der Waals surface area (Å²) in [5.41, 5.74) is 1.09. The van der Waals surface area contributed by atoms with Crippen LogP contribution in [0.15, 0.2) is 18.2 Å². The van der Waals surface area contributed by atoms with E-state index >= 15 is 0 Å². The van der Waals surface area contributed by atoms with Crippen molar-refractivity contribution in [2.45, 2.75) is 38.3 Å². The molecule has 100 valence electrons. The second kappa shape index (κ2) is 6.76. The molecule has 2 nitrogen and oxygen atoms in total. The molecule has 0 bridgehead atoms. The molecule has 0 aromatic heterocycles. The Morgan fingerprint density at radius 1 is 1.44 bits per heavy atom. The molecule has 1 heterocycles. The first-order valence-electron chi connectivity index (χ1n) is 6.49. The molecule has 2 unspecified atom stereocenters. The van der Waals surface area contributed by atoms with E-state index in [9.17, 15) is 0 Å². The van der Waals surface area contributed by atoms with Crippen LogP contribution in [0.25, 0.3) is 0 Å². The SMILES string of the molecule is CCNC(Cc1cc(Cl)ccc1Cl)C1CCCO1. The molecule has 1 fully saturated rings. The van der Waals surface area contributed by atoms with Gasteiger partial charge in [0.25, 0.3) is 0 Å². The van der Waals surface area contributed by atoms with Gasteiger partial charge in [0.05, 0.1) is 6.10 Å². The molecule has 0 radical (unpaired) electrons. The minimum Gasteiger partial charge on any atom is -0.377 e. The van der Waals surface area contributed by atoms with Gasteiger partial charge in [-0.1, -0.05) is 30.1 Å². The van der Waals surface area contributed by atoms with Gasteiger partial charge in [-0.25, -0.2) is 0 Å². The Bertz CT molecular complexity index is 391. The van der Waals surface area contributed by atoms with Crippen LogP contribution in [-0.4, -0.2) is 25.3 Å². The lowest BCUT2D eigenvalue weighted by Crippen LogP contribution is -2.41. The van der Waals surface area contributed by atoms with Crippen molar-refractivity contribution in [3.63, 3.8) is 0 Å². The zero-order valence-electron chi connectivity index (χ0n) is 10.6. The third-order valence-corrected chi connectivity index (χ3v) is 3.93. The van der Waals surface area contributed by atoms with Crippen molar-refractivity contribution >= 4 is 23.2 Å². The zero-order chi connectivity index (χ0) is 13.0. The number of hydrogen-bond acceptors (Lipinski definition) is 2.